The first kappa shape index (κ1) is 13.0. The van der Waals surface area contributed by atoms with Crippen LogP contribution in [0.4, 0.5) is 5.69 Å². The molecule has 1 fully saturated rings. The number of anilines is 1. The number of benzene rings is 1. The van der Waals surface area contributed by atoms with Crippen molar-refractivity contribution in [1.82, 2.24) is 5.32 Å². The van der Waals surface area contributed by atoms with E-state index >= 15 is 0 Å². The molecular formula is C11H12Br2N2O2. The Morgan fingerprint density at radius 1 is 1.41 bits per heavy atom. The van der Waals surface area contributed by atoms with Gasteiger partial charge in [-0.1, -0.05) is 6.07 Å². The summed E-state index contributed by atoms with van der Waals surface area (Å²) in [6.07, 6.45) is -0.428. The van der Waals surface area contributed by atoms with Gasteiger partial charge in [-0.2, -0.15) is 0 Å². The molecule has 0 aliphatic carbocycles. The monoisotopic (exact) mass is 362 g/mol. The Morgan fingerprint density at radius 3 is 2.71 bits per heavy atom. The Bertz CT molecular complexity index is 400. The van der Waals surface area contributed by atoms with Crippen molar-refractivity contribution in [3.05, 3.63) is 27.1 Å². The Labute approximate surface area is 116 Å². The van der Waals surface area contributed by atoms with Crippen LogP contribution in [0.25, 0.3) is 0 Å². The normalized spacial score (nSPS) is 20.0. The van der Waals surface area contributed by atoms with Gasteiger partial charge in [-0.3, -0.25) is 4.79 Å². The second-order valence-corrected chi connectivity index (χ2v) is 5.36. The van der Waals surface area contributed by atoms with Gasteiger partial charge in [-0.05, 0) is 44.0 Å². The van der Waals surface area contributed by atoms with Crippen molar-refractivity contribution in [1.29, 1.82) is 0 Å². The van der Waals surface area contributed by atoms with Crippen LogP contribution < -0.4 is 10.6 Å². The second kappa shape index (κ2) is 5.95. The summed E-state index contributed by atoms with van der Waals surface area (Å²) in [4.78, 5) is 12.0. The van der Waals surface area contributed by atoms with Gasteiger partial charge < -0.3 is 15.4 Å². The maximum Gasteiger partial charge on any atom is 0.254 e. The van der Waals surface area contributed by atoms with E-state index in [1.165, 1.54) is 0 Å². The summed E-state index contributed by atoms with van der Waals surface area (Å²) in [5.74, 6) is -0.134. The zero-order chi connectivity index (χ0) is 12.3. The van der Waals surface area contributed by atoms with E-state index in [0.29, 0.717) is 13.2 Å². The Morgan fingerprint density at radius 2 is 2.12 bits per heavy atom. The molecule has 0 radical (unpaired) electrons. The molecule has 0 aromatic heterocycles. The van der Waals surface area contributed by atoms with Crippen LogP contribution in [0.1, 0.15) is 0 Å². The average Bonchev–Trinajstić information content (AvgIpc) is 2.35. The number of rotatable bonds is 2. The number of amides is 1. The molecule has 1 heterocycles. The molecule has 1 amide bonds. The summed E-state index contributed by atoms with van der Waals surface area (Å²) in [7, 11) is 0. The Balaban J connectivity index is 2.07. The van der Waals surface area contributed by atoms with Gasteiger partial charge in [0.15, 0.2) is 0 Å². The van der Waals surface area contributed by atoms with E-state index in [0.717, 1.165) is 21.2 Å². The van der Waals surface area contributed by atoms with Gasteiger partial charge in [-0.15, -0.1) is 0 Å². The Hall–Kier alpha value is -0.430. The van der Waals surface area contributed by atoms with E-state index < -0.39 is 6.10 Å². The van der Waals surface area contributed by atoms with Crippen molar-refractivity contribution in [2.24, 2.45) is 0 Å². The molecule has 17 heavy (non-hydrogen) atoms. The lowest BCUT2D eigenvalue weighted by Gasteiger charge is -2.23. The molecule has 2 N–H and O–H groups in total. The molecule has 92 valence electrons. The van der Waals surface area contributed by atoms with Crippen LogP contribution in [0, 0.1) is 0 Å². The Kier molecular flexibility index (Phi) is 4.55. The zero-order valence-electron chi connectivity index (χ0n) is 9.00. The molecule has 1 saturated heterocycles. The van der Waals surface area contributed by atoms with E-state index in [9.17, 15) is 4.79 Å². The highest BCUT2D eigenvalue weighted by Gasteiger charge is 2.22. The highest BCUT2D eigenvalue weighted by molar-refractivity contribution is 9.11. The third-order valence-corrected chi connectivity index (χ3v) is 3.75. The van der Waals surface area contributed by atoms with E-state index in [1.807, 2.05) is 18.2 Å². The number of para-hydroxylation sites is 1. The van der Waals surface area contributed by atoms with Gasteiger partial charge in [-0.25, -0.2) is 0 Å². The number of carbonyl (C=O) groups is 1. The van der Waals surface area contributed by atoms with Crippen molar-refractivity contribution >= 4 is 43.5 Å². The maximum atomic E-state index is 12.0. The lowest BCUT2D eigenvalue weighted by Crippen LogP contribution is -2.45. The summed E-state index contributed by atoms with van der Waals surface area (Å²) < 4.78 is 7.06. The van der Waals surface area contributed by atoms with E-state index in [4.69, 9.17) is 4.74 Å². The zero-order valence-corrected chi connectivity index (χ0v) is 12.2. The number of hydrogen-bond donors (Lipinski definition) is 2. The van der Waals surface area contributed by atoms with E-state index in [1.54, 1.807) is 0 Å². The van der Waals surface area contributed by atoms with Crippen LogP contribution in [0.15, 0.2) is 27.1 Å². The fourth-order valence-electron chi connectivity index (χ4n) is 1.55. The molecule has 6 heteroatoms. The topological polar surface area (TPSA) is 50.4 Å². The lowest BCUT2D eigenvalue weighted by molar-refractivity contribution is -0.128. The molecule has 1 atom stereocenters. The largest absolute Gasteiger partial charge is 0.366 e. The van der Waals surface area contributed by atoms with Crippen LogP contribution in [0.3, 0.4) is 0 Å². The smallest absolute Gasteiger partial charge is 0.254 e. The number of halogens is 2. The maximum absolute atomic E-state index is 12.0. The first-order valence-electron chi connectivity index (χ1n) is 5.25. The van der Waals surface area contributed by atoms with Crippen LogP contribution in [0.5, 0.6) is 0 Å². The van der Waals surface area contributed by atoms with Crippen LogP contribution in [-0.2, 0) is 9.53 Å². The highest BCUT2D eigenvalue weighted by Crippen LogP contribution is 2.30. The van der Waals surface area contributed by atoms with Crippen molar-refractivity contribution in [2.75, 3.05) is 25.0 Å². The third-order valence-electron chi connectivity index (χ3n) is 2.43. The molecular weight excluding hydrogens is 352 g/mol. The molecule has 1 aromatic rings. The van der Waals surface area contributed by atoms with Gasteiger partial charge in [0.25, 0.3) is 5.91 Å². The third kappa shape index (κ3) is 3.28. The van der Waals surface area contributed by atoms with E-state index in [-0.39, 0.29) is 5.91 Å². The number of ether oxygens (including phenoxy) is 1. The molecule has 1 aromatic carbocycles. The minimum Gasteiger partial charge on any atom is -0.366 e. The van der Waals surface area contributed by atoms with Crippen molar-refractivity contribution in [3.8, 4) is 0 Å². The summed E-state index contributed by atoms with van der Waals surface area (Å²) >= 11 is 6.80. The molecule has 1 unspecified atom stereocenters. The predicted molar refractivity (Wildman–Crippen MR) is 73.1 cm³/mol. The minimum absolute atomic E-state index is 0.134. The minimum atomic E-state index is -0.428. The SMILES string of the molecule is O=C(Nc1c(Br)cccc1Br)C1CNCCO1. The average molecular weight is 364 g/mol. The molecule has 0 spiro atoms. The molecule has 1 aliphatic rings. The number of hydrogen-bond acceptors (Lipinski definition) is 3. The molecule has 0 saturated carbocycles. The van der Waals surface area contributed by atoms with Gasteiger partial charge in [0.1, 0.15) is 6.10 Å². The predicted octanol–water partition coefficient (Wildman–Crippen LogP) is 2.14. The van der Waals surface area contributed by atoms with Crippen LogP contribution in [-0.4, -0.2) is 31.7 Å². The summed E-state index contributed by atoms with van der Waals surface area (Å²) in [5, 5.41) is 5.97. The van der Waals surface area contributed by atoms with Gasteiger partial charge in [0.05, 0.1) is 12.3 Å². The number of morpholine rings is 1. The van der Waals surface area contributed by atoms with Gasteiger partial charge in [0.2, 0.25) is 0 Å². The summed E-state index contributed by atoms with van der Waals surface area (Å²) in [5.41, 5.74) is 0.728. The lowest BCUT2D eigenvalue weighted by atomic mass is 10.2. The summed E-state index contributed by atoms with van der Waals surface area (Å²) in [6, 6.07) is 5.64. The van der Waals surface area contributed by atoms with Gasteiger partial charge >= 0.3 is 0 Å². The first-order valence-corrected chi connectivity index (χ1v) is 6.84. The fourth-order valence-corrected chi connectivity index (χ4v) is 2.75. The van der Waals surface area contributed by atoms with Crippen LogP contribution in [0.2, 0.25) is 0 Å². The highest BCUT2D eigenvalue weighted by atomic mass is 79.9. The van der Waals surface area contributed by atoms with Gasteiger partial charge in [0, 0.05) is 22.0 Å². The number of carbonyl (C=O) groups excluding carboxylic acids is 1. The van der Waals surface area contributed by atoms with Crippen molar-refractivity contribution in [2.45, 2.75) is 6.10 Å². The van der Waals surface area contributed by atoms with Crippen molar-refractivity contribution in [3.63, 3.8) is 0 Å². The molecule has 4 nitrogen and oxygen atoms in total. The standard InChI is InChI=1S/C11H12Br2N2O2/c12-7-2-1-3-8(13)10(7)15-11(16)9-6-14-4-5-17-9/h1-3,9,14H,4-6H2,(H,15,16). The van der Waals surface area contributed by atoms with Crippen molar-refractivity contribution < 1.29 is 9.53 Å². The second-order valence-electron chi connectivity index (χ2n) is 3.65. The van der Waals surface area contributed by atoms with E-state index in [2.05, 4.69) is 42.5 Å². The molecule has 0 bridgehead atoms. The van der Waals surface area contributed by atoms with Crippen LogP contribution >= 0.6 is 31.9 Å². The first-order chi connectivity index (χ1) is 8.18. The molecule has 2 rings (SSSR count). The summed E-state index contributed by atoms with van der Waals surface area (Å²) in [6.45, 7) is 1.91. The quantitative estimate of drug-likeness (QED) is 0.846. The fraction of sp³-hybridized carbons (Fsp3) is 0.364. The number of nitrogens with one attached hydrogen (secondary N) is 2. The molecule has 1 aliphatic heterocycles.